The molecule has 0 spiro atoms. The van der Waals surface area contributed by atoms with Crippen LogP contribution in [0.4, 0.5) is 5.69 Å². The lowest BCUT2D eigenvalue weighted by molar-refractivity contribution is 0.0929. The topological polar surface area (TPSA) is 55.1 Å². The van der Waals surface area contributed by atoms with Gasteiger partial charge in [-0.2, -0.15) is 0 Å². The lowest BCUT2D eigenvalue weighted by atomic mass is 9.95. The van der Waals surface area contributed by atoms with Gasteiger partial charge in [0.25, 0.3) is 5.91 Å². The smallest absolute Gasteiger partial charge is 0.261 e. The Balaban J connectivity index is 2.66. The molecule has 0 aromatic carbocycles. The Kier molecular flexibility index (Phi) is 5.00. The highest BCUT2D eigenvalue weighted by molar-refractivity contribution is 7.14. The molecule has 1 heterocycles. The van der Waals surface area contributed by atoms with Crippen molar-refractivity contribution in [3.05, 3.63) is 15.8 Å². The molecule has 0 aliphatic heterocycles. The molecule has 1 aromatic heterocycles. The molecule has 0 saturated heterocycles. The second-order valence-corrected chi connectivity index (χ2v) is 5.72. The number of aryl methyl sites for hydroxylation is 1. The van der Waals surface area contributed by atoms with Crippen LogP contribution >= 0.6 is 11.3 Å². The van der Waals surface area contributed by atoms with Crippen molar-refractivity contribution in [1.29, 1.82) is 0 Å². The van der Waals surface area contributed by atoms with Gasteiger partial charge < -0.3 is 11.1 Å². The van der Waals surface area contributed by atoms with Crippen LogP contribution in [0, 0.1) is 12.8 Å². The van der Waals surface area contributed by atoms with Crippen molar-refractivity contribution in [3.63, 3.8) is 0 Å². The highest BCUT2D eigenvalue weighted by Crippen LogP contribution is 2.23. The van der Waals surface area contributed by atoms with E-state index in [-0.39, 0.29) is 11.9 Å². The first-order valence-electron chi connectivity index (χ1n) is 6.16. The van der Waals surface area contributed by atoms with E-state index >= 15 is 0 Å². The van der Waals surface area contributed by atoms with Crippen molar-refractivity contribution >= 4 is 22.9 Å². The van der Waals surface area contributed by atoms with E-state index in [1.54, 1.807) is 6.07 Å². The van der Waals surface area contributed by atoms with E-state index in [1.165, 1.54) is 11.3 Å². The SMILES string of the molecule is CCC(CC)C(C)NC(=O)c1cc(N)c(C)s1. The largest absolute Gasteiger partial charge is 0.398 e. The average Bonchev–Trinajstić information content (AvgIpc) is 2.61. The van der Waals surface area contributed by atoms with Crippen molar-refractivity contribution in [2.45, 2.75) is 46.6 Å². The summed E-state index contributed by atoms with van der Waals surface area (Å²) >= 11 is 1.45. The Morgan fingerprint density at radius 3 is 2.47 bits per heavy atom. The average molecular weight is 254 g/mol. The van der Waals surface area contributed by atoms with Gasteiger partial charge in [-0.1, -0.05) is 26.7 Å². The number of nitrogen functional groups attached to an aromatic ring is 1. The predicted octanol–water partition coefficient (Wildman–Crippen LogP) is 3.19. The Morgan fingerprint density at radius 2 is 2.06 bits per heavy atom. The first-order chi connectivity index (χ1) is 7.99. The number of carbonyl (C=O) groups is 1. The van der Waals surface area contributed by atoms with Crippen LogP contribution in [0.25, 0.3) is 0 Å². The first-order valence-corrected chi connectivity index (χ1v) is 6.97. The fraction of sp³-hybridized carbons (Fsp3) is 0.615. The van der Waals surface area contributed by atoms with Gasteiger partial charge in [0.15, 0.2) is 0 Å². The fourth-order valence-corrected chi connectivity index (χ4v) is 2.84. The quantitative estimate of drug-likeness (QED) is 0.848. The lowest BCUT2D eigenvalue weighted by Gasteiger charge is -2.22. The Labute approximate surface area is 107 Å². The molecule has 1 atom stereocenters. The minimum absolute atomic E-state index is 0.00537. The van der Waals surface area contributed by atoms with Gasteiger partial charge in [-0.05, 0) is 25.8 Å². The van der Waals surface area contributed by atoms with E-state index in [0.29, 0.717) is 16.5 Å². The van der Waals surface area contributed by atoms with Gasteiger partial charge in [-0.15, -0.1) is 11.3 Å². The molecule has 0 radical (unpaired) electrons. The van der Waals surface area contributed by atoms with Crippen LogP contribution in [0.15, 0.2) is 6.07 Å². The zero-order chi connectivity index (χ0) is 13.0. The van der Waals surface area contributed by atoms with Crippen LogP contribution in [0.5, 0.6) is 0 Å². The molecule has 0 aliphatic carbocycles. The zero-order valence-corrected chi connectivity index (χ0v) is 11.9. The second kappa shape index (κ2) is 6.05. The first kappa shape index (κ1) is 14.0. The minimum atomic E-state index is -0.00537. The monoisotopic (exact) mass is 254 g/mol. The van der Waals surface area contributed by atoms with Gasteiger partial charge in [0.2, 0.25) is 0 Å². The van der Waals surface area contributed by atoms with Crippen LogP contribution in [0.3, 0.4) is 0 Å². The zero-order valence-electron chi connectivity index (χ0n) is 11.0. The Bertz CT molecular complexity index is 363. The minimum Gasteiger partial charge on any atom is -0.398 e. The molecule has 1 unspecified atom stereocenters. The maximum absolute atomic E-state index is 12.0. The van der Waals surface area contributed by atoms with Gasteiger partial charge >= 0.3 is 0 Å². The van der Waals surface area contributed by atoms with Crippen molar-refractivity contribution < 1.29 is 4.79 Å². The molecule has 4 heteroatoms. The van der Waals surface area contributed by atoms with E-state index in [0.717, 1.165) is 17.7 Å². The Hall–Kier alpha value is -1.03. The van der Waals surface area contributed by atoms with E-state index in [9.17, 15) is 4.79 Å². The summed E-state index contributed by atoms with van der Waals surface area (Å²) in [6, 6.07) is 1.97. The van der Waals surface area contributed by atoms with Gasteiger partial charge in [-0.25, -0.2) is 0 Å². The van der Waals surface area contributed by atoms with Crippen LogP contribution in [0.2, 0.25) is 0 Å². The summed E-state index contributed by atoms with van der Waals surface area (Å²) in [6.45, 7) is 8.31. The molecule has 1 aromatic rings. The maximum atomic E-state index is 12.0. The second-order valence-electron chi connectivity index (χ2n) is 4.46. The molecular formula is C13H22N2OS. The normalized spacial score (nSPS) is 12.8. The third-order valence-corrected chi connectivity index (χ3v) is 4.36. The molecule has 0 aliphatic rings. The maximum Gasteiger partial charge on any atom is 0.261 e. The number of hydrogen-bond donors (Lipinski definition) is 2. The standard InChI is InChI=1S/C13H22N2OS/c1-5-10(6-2)8(3)15-13(16)12-7-11(14)9(4)17-12/h7-8,10H,5-6,14H2,1-4H3,(H,15,16). The molecule has 0 saturated carbocycles. The van der Waals surface area contributed by atoms with Crippen LogP contribution < -0.4 is 11.1 Å². The van der Waals surface area contributed by atoms with Gasteiger partial charge in [-0.3, -0.25) is 4.79 Å². The summed E-state index contributed by atoms with van der Waals surface area (Å²) < 4.78 is 0. The number of nitrogens with two attached hydrogens (primary N) is 1. The third kappa shape index (κ3) is 3.46. The van der Waals surface area contributed by atoms with Crippen molar-refractivity contribution in [2.75, 3.05) is 5.73 Å². The summed E-state index contributed by atoms with van der Waals surface area (Å²) in [4.78, 5) is 13.7. The lowest BCUT2D eigenvalue weighted by Crippen LogP contribution is -2.37. The summed E-state index contributed by atoms with van der Waals surface area (Å²) in [5.74, 6) is 0.534. The highest BCUT2D eigenvalue weighted by atomic mass is 32.1. The third-order valence-electron chi connectivity index (χ3n) is 3.29. The number of thiophene rings is 1. The summed E-state index contributed by atoms with van der Waals surface area (Å²) in [5.41, 5.74) is 6.46. The van der Waals surface area contributed by atoms with E-state index < -0.39 is 0 Å². The molecule has 0 fully saturated rings. The van der Waals surface area contributed by atoms with Crippen molar-refractivity contribution in [1.82, 2.24) is 5.32 Å². The van der Waals surface area contributed by atoms with Crippen molar-refractivity contribution in [3.8, 4) is 0 Å². The molecule has 1 amide bonds. The molecule has 17 heavy (non-hydrogen) atoms. The molecule has 1 rings (SSSR count). The van der Waals surface area contributed by atoms with Gasteiger partial charge in [0.05, 0.1) is 4.88 Å². The van der Waals surface area contributed by atoms with E-state index in [1.807, 2.05) is 6.92 Å². The number of amides is 1. The van der Waals surface area contributed by atoms with Crippen LogP contribution in [0.1, 0.15) is 48.2 Å². The molecule has 3 N–H and O–H groups in total. The van der Waals surface area contributed by atoms with Gasteiger partial charge in [0.1, 0.15) is 0 Å². The summed E-state index contributed by atoms with van der Waals surface area (Å²) in [6.07, 6.45) is 2.17. The molecule has 96 valence electrons. The van der Waals surface area contributed by atoms with Crippen LogP contribution in [-0.2, 0) is 0 Å². The fourth-order valence-electron chi connectivity index (χ4n) is 2.00. The van der Waals surface area contributed by atoms with Gasteiger partial charge in [0, 0.05) is 16.6 Å². The highest BCUT2D eigenvalue weighted by Gasteiger charge is 2.18. The number of carbonyl (C=O) groups excluding carboxylic acids is 1. The number of rotatable bonds is 5. The van der Waals surface area contributed by atoms with E-state index in [2.05, 4.69) is 26.1 Å². The summed E-state index contributed by atoms with van der Waals surface area (Å²) in [7, 11) is 0. The Morgan fingerprint density at radius 1 is 1.47 bits per heavy atom. The number of nitrogens with one attached hydrogen (secondary N) is 1. The van der Waals surface area contributed by atoms with E-state index in [4.69, 9.17) is 5.73 Å². The number of hydrogen-bond acceptors (Lipinski definition) is 3. The predicted molar refractivity (Wildman–Crippen MR) is 74.5 cm³/mol. The van der Waals surface area contributed by atoms with Crippen molar-refractivity contribution in [2.24, 2.45) is 5.92 Å². The molecule has 3 nitrogen and oxygen atoms in total. The van der Waals surface area contributed by atoms with Crippen LogP contribution in [-0.4, -0.2) is 11.9 Å². The summed E-state index contributed by atoms with van der Waals surface area (Å²) in [5, 5.41) is 3.05. The number of anilines is 1. The molecule has 0 bridgehead atoms. The molecular weight excluding hydrogens is 232 g/mol.